The molecule has 1 aliphatic heterocycles. The van der Waals surface area contributed by atoms with Gasteiger partial charge in [0, 0.05) is 18.3 Å². The molecule has 0 bridgehead atoms. The number of pyridine rings is 1. The van der Waals surface area contributed by atoms with Crippen LogP contribution >= 0.6 is 0 Å². The van der Waals surface area contributed by atoms with Gasteiger partial charge in [-0.05, 0) is 32.0 Å². The molecule has 2 heterocycles. The SMILES string of the molecule is C1CCNC1.COc1cnccc1CN.[CH3-].[Cs+]. The molecule has 0 unspecified atom stereocenters. The Morgan fingerprint density at radius 1 is 1.41 bits per heavy atom. The average Bonchev–Trinajstić information content (AvgIpc) is 2.87. The average molecular weight is 357 g/mol. The van der Waals surface area contributed by atoms with Gasteiger partial charge >= 0.3 is 68.9 Å². The molecule has 92 valence electrons. The fourth-order valence-electron chi connectivity index (χ4n) is 1.39. The third-order valence-electron chi connectivity index (χ3n) is 2.27. The zero-order valence-corrected chi connectivity index (χ0v) is 17.5. The molecule has 1 aromatic rings. The van der Waals surface area contributed by atoms with Gasteiger partial charge in [0.2, 0.25) is 0 Å². The summed E-state index contributed by atoms with van der Waals surface area (Å²) < 4.78 is 4.99. The zero-order valence-electron chi connectivity index (χ0n) is 11.2. The van der Waals surface area contributed by atoms with E-state index in [-0.39, 0.29) is 76.3 Å². The van der Waals surface area contributed by atoms with Gasteiger partial charge in [-0.15, -0.1) is 0 Å². The maximum atomic E-state index is 5.42. The first-order chi connectivity index (χ1) is 7.38. The second-order valence-electron chi connectivity index (χ2n) is 3.35. The number of rotatable bonds is 2. The van der Waals surface area contributed by atoms with Crippen LogP contribution in [0.1, 0.15) is 18.4 Å². The van der Waals surface area contributed by atoms with E-state index >= 15 is 0 Å². The molecule has 0 atom stereocenters. The molecule has 0 radical (unpaired) electrons. The molecule has 3 N–H and O–H groups in total. The van der Waals surface area contributed by atoms with Crippen molar-refractivity contribution in [2.24, 2.45) is 5.73 Å². The molecule has 1 fully saturated rings. The number of nitrogens with two attached hydrogens (primary N) is 1. The van der Waals surface area contributed by atoms with Crippen LogP contribution in [-0.4, -0.2) is 25.2 Å². The molecule has 0 saturated carbocycles. The molecule has 17 heavy (non-hydrogen) atoms. The Kier molecular flexibility index (Phi) is 15.9. The molecule has 1 saturated heterocycles. The van der Waals surface area contributed by atoms with E-state index in [1.807, 2.05) is 6.07 Å². The molecule has 1 aromatic heterocycles. The van der Waals surface area contributed by atoms with Crippen molar-refractivity contribution < 1.29 is 73.6 Å². The topological polar surface area (TPSA) is 60.2 Å². The van der Waals surface area contributed by atoms with Crippen LogP contribution in [0.3, 0.4) is 0 Å². The minimum atomic E-state index is 0. The minimum Gasteiger partial charge on any atom is -0.495 e. The first-order valence-electron chi connectivity index (χ1n) is 5.26. The van der Waals surface area contributed by atoms with Crippen molar-refractivity contribution in [2.45, 2.75) is 19.4 Å². The molecule has 2 rings (SSSR count). The Morgan fingerprint density at radius 2 is 2.06 bits per heavy atom. The van der Waals surface area contributed by atoms with E-state index in [4.69, 9.17) is 10.5 Å². The zero-order chi connectivity index (χ0) is 10.9. The van der Waals surface area contributed by atoms with Crippen molar-refractivity contribution in [2.75, 3.05) is 20.2 Å². The van der Waals surface area contributed by atoms with E-state index in [0.29, 0.717) is 6.54 Å². The predicted molar refractivity (Wildman–Crippen MR) is 67.2 cm³/mol. The van der Waals surface area contributed by atoms with Crippen molar-refractivity contribution in [3.8, 4) is 5.75 Å². The molecule has 1 aliphatic rings. The van der Waals surface area contributed by atoms with Crippen LogP contribution in [0.4, 0.5) is 0 Å². The number of ether oxygens (including phenoxy) is 1. The van der Waals surface area contributed by atoms with Crippen LogP contribution in [0.5, 0.6) is 5.75 Å². The van der Waals surface area contributed by atoms with Crippen molar-refractivity contribution >= 4 is 0 Å². The van der Waals surface area contributed by atoms with Crippen LogP contribution < -0.4 is 84.7 Å². The summed E-state index contributed by atoms with van der Waals surface area (Å²) in [6.07, 6.45) is 6.13. The summed E-state index contributed by atoms with van der Waals surface area (Å²) in [6, 6.07) is 1.85. The van der Waals surface area contributed by atoms with Gasteiger partial charge in [-0.25, -0.2) is 0 Å². The smallest absolute Gasteiger partial charge is 0.495 e. The number of aromatic nitrogens is 1. The minimum absolute atomic E-state index is 0. The van der Waals surface area contributed by atoms with Gasteiger partial charge in [-0.1, -0.05) is 0 Å². The van der Waals surface area contributed by atoms with Crippen molar-refractivity contribution in [1.29, 1.82) is 0 Å². The number of methoxy groups -OCH3 is 1. The second kappa shape index (κ2) is 13.4. The van der Waals surface area contributed by atoms with Crippen LogP contribution in [0.15, 0.2) is 18.5 Å². The van der Waals surface area contributed by atoms with Gasteiger partial charge in [0.25, 0.3) is 0 Å². The Bertz CT molecular complexity index is 250. The van der Waals surface area contributed by atoms with Crippen molar-refractivity contribution in [1.82, 2.24) is 10.3 Å². The largest absolute Gasteiger partial charge is 1.00 e. The van der Waals surface area contributed by atoms with E-state index in [1.165, 1.54) is 25.9 Å². The van der Waals surface area contributed by atoms with Gasteiger partial charge in [0.05, 0.1) is 13.3 Å². The van der Waals surface area contributed by atoms with E-state index in [0.717, 1.165) is 11.3 Å². The quantitative estimate of drug-likeness (QED) is 0.625. The monoisotopic (exact) mass is 357 g/mol. The van der Waals surface area contributed by atoms with Crippen LogP contribution in [0.2, 0.25) is 0 Å². The molecule has 5 heteroatoms. The first-order valence-corrected chi connectivity index (χ1v) is 5.26. The molecule has 0 amide bonds. The summed E-state index contributed by atoms with van der Waals surface area (Å²) >= 11 is 0. The molecule has 0 spiro atoms. The summed E-state index contributed by atoms with van der Waals surface area (Å²) in [5, 5.41) is 3.22. The van der Waals surface area contributed by atoms with Gasteiger partial charge in [-0.3, -0.25) is 4.98 Å². The Balaban J connectivity index is 0. The Hall–Kier alpha value is 0.922. The van der Waals surface area contributed by atoms with Crippen LogP contribution in [-0.2, 0) is 6.54 Å². The van der Waals surface area contributed by atoms with Gasteiger partial charge in [0.15, 0.2) is 0 Å². The second-order valence-corrected chi connectivity index (χ2v) is 3.35. The predicted octanol–water partition coefficient (Wildman–Crippen LogP) is -1.63. The van der Waals surface area contributed by atoms with Crippen molar-refractivity contribution in [3.05, 3.63) is 31.5 Å². The van der Waals surface area contributed by atoms with Gasteiger partial charge < -0.3 is 23.2 Å². The Labute approximate surface area is 164 Å². The van der Waals surface area contributed by atoms with E-state index < -0.39 is 0 Å². The normalized spacial score (nSPS) is 12.6. The van der Waals surface area contributed by atoms with E-state index in [9.17, 15) is 0 Å². The first kappa shape index (κ1) is 20.2. The summed E-state index contributed by atoms with van der Waals surface area (Å²) in [5.74, 6) is 0.755. The molecule has 0 aromatic carbocycles. The molecular weight excluding hydrogens is 335 g/mol. The fraction of sp³-hybridized carbons (Fsp3) is 0.500. The van der Waals surface area contributed by atoms with Crippen LogP contribution in [0, 0.1) is 7.43 Å². The van der Waals surface area contributed by atoms with Gasteiger partial charge in [0.1, 0.15) is 5.75 Å². The van der Waals surface area contributed by atoms with E-state index in [1.54, 1.807) is 19.5 Å². The molecular formula is C12H22CsN3O. The summed E-state index contributed by atoms with van der Waals surface area (Å²) in [5.41, 5.74) is 6.40. The summed E-state index contributed by atoms with van der Waals surface area (Å²) in [7, 11) is 1.61. The number of hydrogen-bond acceptors (Lipinski definition) is 4. The summed E-state index contributed by atoms with van der Waals surface area (Å²) in [4.78, 5) is 3.88. The fourth-order valence-corrected chi connectivity index (χ4v) is 1.39. The van der Waals surface area contributed by atoms with Crippen LogP contribution in [0.25, 0.3) is 0 Å². The number of hydrogen-bond donors (Lipinski definition) is 2. The standard InChI is InChI=1S/C7H10N2O.C4H9N.CH3.Cs/c1-10-7-5-9-3-2-6(7)4-8;1-2-4-5-3-1;;/h2-3,5H,4,8H2,1H3;5H,1-4H2;1H3;/q;;-1;+1. The van der Waals surface area contributed by atoms with Crippen molar-refractivity contribution in [3.63, 3.8) is 0 Å². The number of nitrogens with zero attached hydrogens (tertiary/aromatic N) is 1. The third kappa shape index (κ3) is 8.61. The molecule has 0 aliphatic carbocycles. The maximum absolute atomic E-state index is 5.42. The maximum Gasteiger partial charge on any atom is 1.00 e. The summed E-state index contributed by atoms with van der Waals surface area (Å²) in [6.45, 7) is 2.99. The molecule has 4 nitrogen and oxygen atoms in total. The van der Waals surface area contributed by atoms with Gasteiger partial charge in [-0.2, -0.15) is 0 Å². The third-order valence-corrected chi connectivity index (χ3v) is 2.27. The Morgan fingerprint density at radius 3 is 2.41 bits per heavy atom. The van der Waals surface area contributed by atoms with E-state index in [2.05, 4.69) is 10.3 Å². The number of nitrogens with one attached hydrogen (secondary N) is 1.